The summed E-state index contributed by atoms with van der Waals surface area (Å²) >= 11 is 0. The van der Waals surface area contributed by atoms with E-state index in [1.54, 1.807) is 0 Å². The van der Waals surface area contributed by atoms with E-state index in [1.807, 2.05) is 0 Å². The summed E-state index contributed by atoms with van der Waals surface area (Å²) in [4.78, 5) is 1.15. The van der Waals surface area contributed by atoms with Gasteiger partial charge in [-0.2, -0.15) is 4.80 Å². The predicted molar refractivity (Wildman–Crippen MR) is 58.2 cm³/mol. The normalized spacial score (nSPS) is 11.1. The number of benzene rings is 1. The van der Waals surface area contributed by atoms with Crippen molar-refractivity contribution in [1.82, 2.24) is 20.2 Å². The van der Waals surface area contributed by atoms with Gasteiger partial charge in [-0.05, 0) is 23.4 Å². The number of halogens is 4. The zero-order chi connectivity index (χ0) is 14.0. The second kappa shape index (κ2) is 6.98. The molecule has 102 valence electrons. The van der Waals surface area contributed by atoms with Crippen LogP contribution in [0.1, 0.15) is 5.82 Å². The molecule has 0 aliphatic heterocycles. The van der Waals surface area contributed by atoms with Crippen molar-refractivity contribution in [3.63, 3.8) is 0 Å². The van der Waals surface area contributed by atoms with E-state index in [9.17, 15) is 17.3 Å². The van der Waals surface area contributed by atoms with Crippen LogP contribution in [-0.4, -0.2) is 27.2 Å². The first-order valence-corrected chi connectivity index (χ1v) is 5.21. The third-order valence-electron chi connectivity index (χ3n) is 2.23. The second-order valence-electron chi connectivity index (χ2n) is 3.74. The standard InChI is InChI=1S/C9H8BF4N4O.K/c1-18-16-9(15-17-18)5-19-8-3-2-6(11)4-7(8)10(12,13)14;/h2-4H,5H2,1H3;/q-1;+1. The van der Waals surface area contributed by atoms with Crippen molar-refractivity contribution in [3.05, 3.63) is 29.8 Å². The molecule has 0 N–H and O–H groups in total. The minimum absolute atomic E-state index is 0. The first-order chi connectivity index (χ1) is 8.86. The van der Waals surface area contributed by atoms with Gasteiger partial charge in [-0.3, -0.25) is 0 Å². The molecule has 1 aromatic heterocycles. The molecule has 2 aromatic rings. The van der Waals surface area contributed by atoms with E-state index in [1.165, 1.54) is 7.05 Å². The Bertz CT molecular complexity index is 592. The largest absolute Gasteiger partial charge is 1.00 e. The summed E-state index contributed by atoms with van der Waals surface area (Å²) in [7, 11) is 1.51. The fourth-order valence-electron chi connectivity index (χ4n) is 1.43. The fraction of sp³-hybridized carbons (Fsp3) is 0.222. The van der Waals surface area contributed by atoms with Crippen LogP contribution in [-0.2, 0) is 13.7 Å². The van der Waals surface area contributed by atoms with Gasteiger partial charge in [-0.15, -0.1) is 10.2 Å². The average molecular weight is 314 g/mol. The van der Waals surface area contributed by atoms with Gasteiger partial charge in [-0.25, -0.2) is 4.39 Å². The van der Waals surface area contributed by atoms with Crippen molar-refractivity contribution in [2.75, 3.05) is 0 Å². The molecule has 20 heavy (non-hydrogen) atoms. The van der Waals surface area contributed by atoms with Gasteiger partial charge in [0.2, 0.25) is 5.82 Å². The summed E-state index contributed by atoms with van der Waals surface area (Å²) in [6.45, 7) is -5.64. The zero-order valence-corrected chi connectivity index (χ0v) is 13.8. The third kappa shape index (κ3) is 4.52. The SMILES string of the molecule is Cn1nnc(COc2ccc(F)cc2[B-](F)(F)F)n1.[K+]. The number of hydrogen-bond donors (Lipinski definition) is 0. The zero-order valence-electron chi connectivity index (χ0n) is 10.7. The van der Waals surface area contributed by atoms with Crippen molar-refractivity contribution < 1.29 is 73.5 Å². The third-order valence-corrected chi connectivity index (χ3v) is 2.23. The van der Waals surface area contributed by atoms with Crippen LogP contribution in [0.2, 0.25) is 0 Å². The molecule has 2 rings (SSSR count). The summed E-state index contributed by atoms with van der Waals surface area (Å²) < 4.78 is 56.0. The number of aromatic nitrogens is 4. The number of rotatable bonds is 4. The van der Waals surface area contributed by atoms with Gasteiger partial charge in [0.25, 0.3) is 0 Å². The maximum atomic E-state index is 12.9. The number of nitrogens with zero attached hydrogens (tertiary/aromatic N) is 4. The van der Waals surface area contributed by atoms with E-state index in [0.717, 1.165) is 16.9 Å². The fourth-order valence-corrected chi connectivity index (χ4v) is 1.43. The van der Waals surface area contributed by atoms with Crippen molar-refractivity contribution in [2.24, 2.45) is 7.05 Å². The van der Waals surface area contributed by atoms with Crippen LogP contribution in [0, 0.1) is 5.82 Å². The molecular formula is C9H8BF4KN4O. The molecule has 11 heteroatoms. The van der Waals surface area contributed by atoms with E-state index in [0.29, 0.717) is 6.07 Å². The average Bonchev–Trinajstić information content (AvgIpc) is 2.72. The summed E-state index contributed by atoms with van der Waals surface area (Å²) in [6, 6.07) is 2.22. The Kier molecular flexibility index (Phi) is 6.13. The van der Waals surface area contributed by atoms with Gasteiger partial charge in [0, 0.05) is 0 Å². The number of ether oxygens (including phenoxy) is 1. The minimum Gasteiger partial charge on any atom is -0.488 e. The molecule has 1 heterocycles. The van der Waals surface area contributed by atoms with Gasteiger partial charge in [-0.1, -0.05) is 5.46 Å². The first kappa shape index (κ1) is 17.6. The van der Waals surface area contributed by atoms with Crippen molar-refractivity contribution in [3.8, 4) is 5.75 Å². The van der Waals surface area contributed by atoms with Crippen LogP contribution in [0.3, 0.4) is 0 Å². The van der Waals surface area contributed by atoms with E-state index >= 15 is 0 Å². The van der Waals surface area contributed by atoms with Gasteiger partial charge in [0.05, 0.1) is 12.8 Å². The van der Waals surface area contributed by atoms with Gasteiger partial charge in [0.15, 0.2) is 6.61 Å². The van der Waals surface area contributed by atoms with Crippen LogP contribution in [0.4, 0.5) is 17.3 Å². The number of aryl methyl sites for hydroxylation is 1. The Morgan fingerprint density at radius 3 is 2.55 bits per heavy atom. The summed E-state index contributed by atoms with van der Waals surface area (Å²) in [5.74, 6) is -1.30. The Morgan fingerprint density at radius 2 is 2.00 bits per heavy atom. The Balaban J connectivity index is 0.00000200. The van der Waals surface area contributed by atoms with Gasteiger partial charge in [0.1, 0.15) is 5.82 Å². The first-order valence-electron chi connectivity index (χ1n) is 5.21. The smallest absolute Gasteiger partial charge is 0.488 e. The molecule has 5 nitrogen and oxygen atoms in total. The van der Waals surface area contributed by atoms with Gasteiger partial charge >= 0.3 is 58.4 Å². The molecule has 0 amide bonds. The predicted octanol–water partition coefficient (Wildman–Crippen LogP) is -2.01. The summed E-state index contributed by atoms with van der Waals surface area (Å²) in [6.07, 6.45) is 0. The molecule has 0 unspecified atom stereocenters. The van der Waals surface area contributed by atoms with Crippen molar-refractivity contribution in [1.29, 1.82) is 0 Å². The van der Waals surface area contributed by atoms with E-state index < -0.39 is 24.0 Å². The molecule has 0 spiro atoms. The topological polar surface area (TPSA) is 52.8 Å². The second-order valence-corrected chi connectivity index (χ2v) is 3.74. The summed E-state index contributed by atoms with van der Waals surface area (Å²) in [5.41, 5.74) is -1.12. The maximum Gasteiger partial charge on any atom is 1.00 e. The molecule has 0 radical (unpaired) electrons. The van der Waals surface area contributed by atoms with Crippen LogP contribution in [0.25, 0.3) is 0 Å². The van der Waals surface area contributed by atoms with Crippen LogP contribution in [0.15, 0.2) is 18.2 Å². The Hall–Kier alpha value is -0.489. The molecular weight excluding hydrogens is 306 g/mol. The minimum atomic E-state index is -5.36. The number of hydrogen-bond acceptors (Lipinski definition) is 4. The van der Waals surface area contributed by atoms with Crippen molar-refractivity contribution in [2.45, 2.75) is 6.61 Å². The molecule has 0 saturated carbocycles. The molecule has 0 bridgehead atoms. The molecule has 1 aromatic carbocycles. The van der Waals surface area contributed by atoms with E-state index in [4.69, 9.17) is 4.74 Å². The molecule has 0 aliphatic rings. The molecule has 0 atom stereocenters. The quantitative estimate of drug-likeness (QED) is 0.483. The van der Waals surface area contributed by atoms with E-state index in [2.05, 4.69) is 15.4 Å². The van der Waals surface area contributed by atoms with Gasteiger partial charge < -0.3 is 17.7 Å². The summed E-state index contributed by atoms with van der Waals surface area (Å²) in [5, 5.41) is 10.8. The van der Waals surface area contributed by atoms with Crippen LogP contribution in [0.5, 0.6) is 5.75 Å². The maximum absolute atomic E-state index is 12.9. The number of tetrazole rings is 1. The van der Waals surface area contributed by atoms with E-state index in [-0.39, 0.29) is 63.8 Å². The molecule has 0 aliphatic carbocycles. The monoisotopic (exact) mass is 314 g/mol. The Morgan fingerprint density at radius 1 is 1.30 bits per heavy atom. The molecule has 0 saturated heterocycles. The Labute approximate surface area is 154 Å². The molecule has 0 fully saturated rings. The van der Waals surface area contributed by atoms with Crippen molar-refractivity contribution >= 4 is 12.4 Å². The van der Waals surface area contributed by atoms with Crippen LogP contribution < -0.4 is 61.6 Å². The van der Waals surface area contributed by atoms with Crippen LogP contribution >= 0.6 is 0 Å².